The number of nitrogens with two attached hydrogens (primary N) is 1. The van der Waals surface area contributed by atoms with Crippen LogP contribution in [-0.4, -0.2) is 0 Å². The molecule has 0 saturated carbocycles. The van der Waals surface area contributed by atoms with Gasteiger partial charge in [0.25, 0.3) is 0 Å². The van der Waals surface area contributed by atoms with Crippen molar-refractivity contribution in [2.24, 2.45) is 4.75 Å². The predicted molar refractivity (Wildman–Crippen MR) is 108 cm³/mol. The van der Waals surface area contributed by atoms with Crippen molar-refractivity contribution in [3.8, 4) is 0 Å². The molecule has 4 rings (SSSR count). The van der Waals surface area contributed by atoms with Crippen LogP contribution in [0.15, 0.2) is 121 Å². The maximum absolute atomic E-state index is 7.71. The number of hydrogen-bond acceptors (Lipinski definition) is 1. The van der Waals surface area contributed by atoms with Crippen LogP contribution in [0, 0.1) is 0 Å². The summed E-state index contributed by atoms with van der Waals surface area (Å²) in [6.45, 7) is 0. The standard InChI is InChI=1S/4C6H5.Cu.H2N/c4*1-2-4-6-5-3-1;;/h4*1-5H;;1H2/q;;;;+1;-1. The molecule has 4 aromatic carbocycles. The molecule has 1 nitrogen and oxygen atoms in total. The number of hydrogen-bond donors (Lipinski definition) is 1. The van der Waals surface area contributed by atoms with Gasteiger partial charge in [-0.3, -0.25) is 0 Å². The van der Waals surface area contributed by atoms with Gasteiger partial charge in [-0.2, -0.15) is 0 Å². The summed E-state index contributed by atoms with van der Waals surface area (Å²) >= 11 is -2.92. The van der Waals surface area contributed by atoms with E-state index in [1.807, 2.05) is 24.3 Å². The quantitative estimate of drug-likeness (QED) is 0.535. The van der Waals surface area contributed by atoms with E-state index in [0.717, 1.165) is 17.8 Å². The minimum absolute atomic E-state index is 1.14. The van der Waals surface area contributed by atoms with E-state index in [4.69, 9.17) is 4.75 Å². The second kappa shape index (κ2) is 6.58. The van der Waals surface area contributed by atoms with Gasteiger partial charge in [0.1, 0.15) is 0 Å². The summed E-state index contributed by atoms with van der Waals surface area (Å²) in [4.78, 5) is 0. The molecule has 0 aliphatic carbocycles. The fourth-order valence-electron chi connectivity index (χ4n) is 3.04. The van der Waals surface area contributed by atoms with E-state index in [0.29, 0.717) is 0 Å². The van der Waals surface area contributed by atoms with Crippen molar-refractivity contribution < 1.29 is 12.0 Å². The Morgan fingerprint density at radius 1 is 0.346 bits per heavy atom. The van der Waals surface area contributed by atoms with Gasteiger partial charge in [0.05, 0.1) is 0 Å². The third kappa shape index (κ3) is 2.35. The molecule has 26 heavy (non-hydrogen) atoms. The van der Waals surface area contributed by atoms with Gasteiger partial charge < -0.3 is 0 Å². The molecule has 0 aliphatic heterocycles. The van der Waals surface area contributed by atoms with Gasteiger partial charge in [-0.25, -0.2) is 0 Å². The topological polar surface area (TPSA) is 26.0 Å². The summed E-state index contributed by atoms with van der Waals surface area (Å²) < 4.78 is 12.3. The van der Waals surface area contributed by atoms with Crippen LogP contribution >= 0.6 is 0 Å². The summed E-state index contributed by atoms with van der Waals surface area (Å²) in [7, 11) is 0. The van der Waals surface area contributed by atoms with Gasteiger partial charge in [-0.15, -0.1) is 0 Å². The van der Waals surface area contributed by atoms with Crippen molar-refractivity contribution in [2.75, 3.05) is 0 Å². The Hall–Kier alpha value is -2.64. The van der Waals surface area contributed by atoms with Gasteiger partial charge in [-0.1, -0.05) is 0 Å². The zero-order valence-corrected chi connectivity index (χ0v) is 15.4. The molecule has 0 radical (unpaired) electrons. The van der Waals surface area contributed by atoms with E-state index in [1.165, 1.54) is 0 Å². The first kappa shape index (κ1) is 16.8. The second-order valence-electron chi connectivity index (χ2n) is 5.81. The molecule has 4 aromatic rings. The van der Waals surface area contributed by atoms with Gasteiger partial charge in [0.2, 0.25) is 0 Å². The van der Waals surface area contributed by atoms with Crippen LogP contribution in [0.5, 0.6) is 0 Å². The average molecular weight is 388 g/mol. The molecule has 0 bridgehead atoms. The van der Waals surface area contributed by atoms with Crippen molar-refractivity contribution in [1.82, 2.24) is 0 Å². The minimum atomic E-state index is -2.92. The molecular weight excluding hydrogens is 366 g/mol. The van der Waals surface area contributed by atoms with Gasteiger partial charge in [0, 0.05) is 0 Å². The summed E-state index contributed by atoms with van der Waals surface area (Å²) in [5.41, 5.74) is 0. The van der Waals surface area contributed by atoms with Crippen molar-refractivity contribution >= 4 is 17.8 Å². The van der Waals surface area contributed by atoms with Gasteiger partial charge >= 0.3 is 156 Å². The monoisotopic (exact) mass is 387 g/mol. The molecule has 0 unspecified atom stereocenters. The third-order valence-corrected chi connectivity index (χ3v) is 10.1. The fraction of sp³-hybridized carbons (Fsp3) is 0. The van der Waals surface area contributed by atoms with Gasteiger partial charge in [0.15, 0.2) is 0 Å². The SMILES string of the molecule is [NH2][Cu]([c]1ccccc1)([c]1ccccc1)([c]1ccccc1)[c]1ccccc1. The molecule has 0 aliphatic rings. The number of rotatable bonds is 4. The Morgan fingerprint density at radius 2 is 0.538 bits per heavy atom. The van der Waals surface area contributed by atoms with E-state index < -0.39 is 12.0 Å². The van der Waals surface area contributed by atoms with Gasteiger partial charge in [-0.05, 0) is 0 Å². The zero-order chi connectivity index (χ0) is 17.9. The molecule has 0 fully saturated rings. The average Bonchev–Trinajstić information content (AvgIpc) is 2.76. The van der Waals surface area contributed by atoms with E-state index in [1.54, 1.807) is 0 Å². The predicted octanol–water partition coefficient (Wildman–Crippen LogP) is 2.85. The normalized spacial score (nSPS) is 12.9. The molecule has 2 heteroatoms. The van der Waals surface area contributed by atoms with E-state index in [-0.39, 0.29) is 0 Å². The Balaban J connectivity index is 2.23. The molecule has 0 spiro atoms. The Morgan fingerprint density at radius 3 is 0.731 bits per heavy atom. The van der Waals surface area contributed by atoms with Crippen LogP contribution in [0.25, 0.3) is 0 Å². The van der Waals surface area contributed by atoms with E-state index >= 15 is 0 Å². The Labute approximate surface area is 155 Å². The molecule has 0 atom stereocenters. The first-order valence-electron chi connectivity index (χ1n) is 8.42. The maximum atomic E-state index is 7.71. The summed E-state index contributed by atoms with van der Waals surface area (Å²) in [5, 5.41) is 0. The van der Waals surface area contributed by atoms with E-state index in [2.05, 4.69) is 97.1 Å². The molecule has 2 N–H and O–H groups in total. The van der Waals surface area contributed by atoms with Crippen molar-refractivity contribution in [3.63, 3.8) is 0 Å². The Bertz CT molecular complexity index is 814. The van der Waals surface area contributed by atoms with Crippen LogP contribution in [0.3, 0.4) is 0 Å². The van der Waals surface area contributed by atoms with Crippen molar-refractivity contribution in [2.45, 2.75) is 0 Å². The molecule has 0 heterocycles. The zero-order valence-electron chi connectivity index (χ0n) is 14.4. The summed E-state index contributed by atoms with van der Waals surface area (Å²) in [6, 6.07) is 42.1. The molecule has 0 saturated heterocycles. The third-order valence-electron chi connectivity index (χ3n) is 4.28. The molecule has 134 valence electrons. The fourth-order valence-corrected chi connectivity index (χ4v) is 8.25. The van der Waals surface area contributed by atoms with Crippen LogP contribution in [0.4, 0.5) is 0 Å². The van der Waals surface area contributed by atoms with Crippen LogP contribution < -0.4 is 22.6 Å². The number of benzene rings is 4. The first-order valence-corrected chi connectivity index (χ1v) is 10.8. The molecule has 0 aromatic heterocycles. The molecular formula is C24H22CuN. The van der Waals surface area contributed by atoms with Crippen LogP contribution in [-0.2, 0) is 12.0 Å². The Kier molecular flexibility index (Phi) is 4.26. The van der Waals surface area contributed by atoms with Crippen molar-refractivity contribution in [3.05, 3.63) is 121 Å². The van der Waals surface area contributed by atoms with E-state index in [9.17, 15) is 0 Å². The summed E-state index contributed by atoms with van der Waals surface area (Å²) in [5.74, 6) is 0. The van der Waals surface area contributed by atoms with Crippen LogP contribution in [0.1, 0.15) is 0 Å². The first-order chi connectivity index (χ1) is 12.7. The van der Waals surface area contributed by atoms with Crippen molar-refractivity contribution in [1.29, 1.82) is 0 Å². The van der Waals surface area contributed by atoms with Crippen LogP contribution in [0.2, 0.25) is 0 Å². The second-order valence-corrected chi connectivity index (χ2v) is 10.5. The summed E-state index contributed by atoms with van der Waals surface area (Å²) in [6.07, 6.45) is 0. The molecule has 0 amide bonds.